The predicted octanol–water partition coefficient (Wildman–Crippen LogP) is 1.55. The quantitative estimate of drug-likeness (QED) is 0.566. The zero-order valence-electron chi connectivity index (χ0n) is 6.47. The third kappa shape index (κ3) is 2.03. The standard InChI is InChI=1S/C8H11ClO2/c1-5(9)7-4-6(10)2-3-8(7)11/h5,7H,2-4H2,1H3. The van der Waals surface area contributed by atoms with Crippen LogP contribution in [0.25, 0.3) is 0 Å². The number of Topliss-reactive ketones (excluding diaryl/α,β-unsaturated/α-hetero) is 2. The summed E-state index contributed by atoms with van der Waals surface area (Å²) in [5, 5.41) is -0.202. The normalized spacial score (nSPS) is 28.7. The van der Waals surface area contributed by atoms with E-state index in [0.717, 1.165) is 0 Å². The van der Waals surface area contributed by atoms with Crippen LogP contribution in [0.15, 0.2) is 0 Å². The smallest absolute Gasteiger partial charge is 0.138 e. The Labute approximate surface area is 70.9 Å². The van der Waals surface area contributed by atoms with Crippen LogP contribution in [0, 0.1) is 5.92 Å². The van der Waals surface area contributed by atoms with E-state index in [1.807, 2.05) is 0 Å². The first-order chi connectivity index (χ1) is 5.11. The Morgan fingerprint density at radius 2 is 2.09 bits per heavy atom. The van der Waals surface area contributed by atoms with Crippen molar-refractivity contribution in [2.24, 2.45) is 5.92 Å². The number of hydrogen-bond donors (Lipinski definition) is 0. The molecule has 3 heteroatoms. The number of alkyl halides is 1. The van der Waals surface area contributed by atoms with Gasteiger partial charge in [-0.3, -0.25) is 9.59 Å². The number of rotatable bonds is 1. The minimum absolute atomic E-state index is 0.145. The van der Waals surface area contributed by atoms with Gasteiger partial charge in [-0.1, -0.05) is 0 Å². The summed E-state index contributed by atoms with van der Waals surface area (Å²) < 4.78 is 0. The molecule has 2 unspecified atom stereocenters. The minimum Gasteiger partial charge on any atom is -0.300 e. The maximum atomic E-state index is 11.1. The first-order valence-electron chi connectivity index (χ1n) is 3.79. The Bertz CT molecular complexity index is 187. The lowest BCUT2D eigenvalue weighted by Gasteiger charge is -2.21. The van der Waals surface area contributed by atoms with E-state index >= 15 is 0 Å². The van der Waals surface area contributed by atoms with Crippen LogP contribution in [-0.4, -0.2) is 16.9 Å². The summed E-state index contributed by atoms with van der Waals surface area (Å²) in [4.78, 5) is 22.1. The third-order valence-electron chi connectivity index (χ3n) is 2.07. The summed E-state index contributed by atoms with van der Waals surface area (Å²) in [7, 11) is 0. The van der Waals surface area contributed by atoms with Gasteiger partial charge in [0.1, 0.15) is 11.6 Å². The highest BCUT2D eigenvalue weighted by Gasteiger charge is 2.30. The SMILES string of the molecule is CC(Cl)C1CC(=O)CCC1=O. The van der Waals surface area contributed by atoms with Crippen molar-refractivity contribution in [3.8, 4) is 0 Å². The van der Waals surface area contributed by atoms with Crippen LogP contribution in [0.5, 0.6) is 0 Å². The van der Waals surface area contributed by atoms with E-state index in [1.165, 1.54) is 0 Å². The molecule has 2 nitrogen and oxygen atoms in total. The van der Waals surface area contributed by atoms with E-state index in [0.29, 0.717) is 19.3 Å². The van der Waals surface area contributed by atoms with Gasteiger partial charge in [-0.15, -0.1) is 11.6 Å². The lowest BCUT2D eigenvalue weighted by Crippen LogP contribution is -2.30. The molecule has 11 heavy (non-hydrogen) atoms. The van der Waals surface area contributed by atoms with Gasteiger partial charge in [-0.05, 0) is 6.92 Å². The molecule has 0 spiro atoms. The monoisotopic (exact) mass is 174 g/mol. The second-order valence-electron chi connectivity index (χ2n) is 2.99. The van der Waals surface area contributed by atoms with Gasteiger partial charge in [0.2, 0.25) is 0 Å². The van der Waals surface area contributed by atoms with E-state index in [2.05, 4.69) is 0 Å². The van der Waals surface area contributed by atoms with Crippen molar-refractivity contribution in [1.82, 2.24) is 0 Å². The summed E-state index contributed by atoms with van der Waals surface area (Å²) in [6, 6.07) is 0. The van der Waals surface area contributed by atoms with Crippen LogP contribution >= 0.6 is 11.6 Å². The maximum absolute atomic E-state index is 11.1. The van der Waals surface area contributed by atoms with E-state index in [4.69, 9.17) is 11.6 Å². The van der Waals surface area contributed by atoms with Crippen LogP contribution in [-0.2, 0) is 9.59 Å². The third-order valence-corrected chi connectivity index (χ3v) is 2.37. The Hall–Kier alpha value is -0.370. The van der Waals surface area contributed by atoms with E-state index in [-0.39, 0.29) is 22.9 Å². The van der Waals surface area contributed by atoms with E-state index < -0.39 is 0 Å². The molecule has 0 aromatic rings. The second kappa shape index (κ2) is 3.35. The molecule has 0 N–H and O–H groups in total. The molecule has 0 radical (unpaired) electrons. The molecule has 0 bridgehead atoms. The number of carbonyl (C=O) groups excluding carboxylic acids is 2. The summed E-state index contributed by atoms with van der Waals surface area (Å²) in [6.45, 7) is 1.77. The first kappa shape index (κ1) is 8.72. The molecule has 2 atom stereocenters. The van der Waals surface area contributed by atoms with Gasteiger partial charge < -0.3 is 0 Å². The molecule has 0 saturated heterocycles. The van der Waals surface area contributed by atoms with Gasteiger partial charge in [0, 0.05) is 30.6 Å². The summed E-state index contributed by atoms with van der Waals surface area (Å²) in [5.41, 5.74) is 0. The van der Waals surface area contributed by atoms with Crippen molar-refractivity contribution in [2.75, 3.05) is 0 Å². The van der Waals surface area contributed by atoms with Crippen LogP contribution in [0.1, 0.15) is 26.2 Å². The van der Waals surface area contributed by atoms with Crippen molar-refractivity contribution < 1.29 is 9.59 Å². The van der Waals surface area contributed by atoms with Gasteiger partial charge in [0.25, 0.3) is 0 Å². The van der Waals surface area contributed by atoms with Crippen molar-refractivity contribution >= 4 is 23.2 Å². The number of ketones is 2. The highest BCUT2D eigenvalue weighted by molar-refractivity contribution is 6.22. The highest BCUT2D eigenvalue weighted by atomic mass is 35.5. The van der Waals surface area contributed by atoms with Crippen LogP contribution in [0.2, 0.25) is 0 Å². The van der Waals surface area contributed by atoms with E-state index in [1.54, 1.807) is 6.92 Å². The van der Waals surface area contributed by atoms with Crippen molar-refractivity contribution in [1.29, 1.82) is 0 Å². The summed E-state index contributed by atoms with van der Waals surface area (Å²) >= 11 is 5.74. The molecule has 0 aromatic heterocycles. The summed E-state index contributed by atoms with van der Waals surface area (Å²) in [5.74, 6) is 0.0899. The van der Waals surface area contributed by atoms with Crippen molar-refractivity contribution in [2.45, 2.75) is 31.6 Å². The zero-order chi connectivity index (χ0) is 8.43. The Kier molecular flexibility index (Phi) is 2.66. The number of hydrogen-bond acceptors (Lipinski definition) is 2. The zero-order valence-corrected chi connectivity index (χ0v) is 7.23. The van der Waals surface area contributed by atoms with Crippen molar-refractivity contribution in [3.63, 3.8) is 0 Å². The molecule has 0 aliphatic heterocycles. The topological polar surface area (TPSA) is 34.1 Å². The molecule has 62 valence electrons. The second-order valence-corrected chi connectivity index (χ2v) is 3.68. The first-order valence-corrected chi connectivity index (χ1v) is 4.23. The van der Waals surface area contributed by atoms with Crippen LogP contribution in [0.4, 0.5) is 0 Å². The van der Waals surface area contributed by atoms with Gasteiger partial charge in [-0.25, -0.2) is 0 Å². The minimum atomic E-state index is -0.224. The van der Waals surface area contributed by atoms with Crippen LogP contribution < -0.4 is 0 Å². The van der Waals surface area contributed by atoms with Gasteiger partial charge >= 0.3 is 0 Å². The van der Waals surface area contributed by atoms with Gasteiger partial charge in [0.05, 0.1) is 0 Å². The molecule has 1 saturated carbocycles. The molecule has 1 rings (SSSR count). The van der Waals surface area contributed by atoms with E-state index in [9.17, 15) is 9.59 Å². The Morgan fingerprint density at radius 3 is 2.55 bits per heavy atom. The molecule has 1 aliphatic carbocycles. The van der Waals surface area contributed by atoms with Crippen LogP contribution in [0.3, 0.4) is 0 Å². The molecule has 1 aliphatic rings. The number of carbonyl (C=O) groups is 2. The van der Waals surface area contributed by atoms with Crippen molar-refractivity contribution in [3.05, 3.63) is 0 Å². The Morgan fingerprint density at radius 1 is 1.45 bits per heavy atom. The molecule has 0 amide bonds. The maximum Gasteiger partial charge on any atom is 0.138 e. The largest absolute Gasteiger partial charge is 0.300 e. The fourth-order valence-electron chi connectivity index (χ4n) is 1.33. The highest BCUT2D eigenvalue weighted by Crippen LogP contribution is 2.23. The number of halogens is 1. The molecule has 0 heterocycles. The average molecular weight is 175 g/mol. The fraction of sp³-hybridized carbons (Fsp3) is 0.750. The lowest BCUT2D eigenvalue weighted by molar-refractivity contribution is -0.132. The summed E-state index contributed by atoms with van der Waals surface area (Å²) in [6.07, 6.45) is 1.16. The molecular weight excluding hydrogens is 164 g/mol. The molecule has 0 aromatic carbocycles. The molecule has 1 fully saturated rings. The van der Waals surface area contributed by atoms with Gasteiger partial charge in [-0.2, -0.15) is 0 Å². The van der Waals surface area contributed by atoms with Gasteiger partial charge in [0.15, 0.2) is 0 Å². The Balaban J connectivity index is 2.61. The molecular formula is C8H11ClO2. The lowest BCUT2D eigenvalue weighted by atomic mass is 9.85. The predicted molar refractivity (Wildman–Crippen MR) is 42.7 cm³/mol. The average Bonchev–Trinajstić information content (AvgIpc) is 1.94. The fourth-order valence-corrected chi connectivity index (χ4v) is 1.56.